The summed E-state index contributed by atoms with van der Waals surface area (Å²) in [6, 6.07) is 10.7. The number of fused-ring (bicyclic) bond motifs is 1. The molecule has 0 spiro atoms. The molecule has 1 saturated heterocycles. The van der Waals surface area contributed by atoms with Crippen LogP contribution in [0.2, 0.25) is 0 Å². The average molecular weight is 351 g/mol. The van der Waals surface area contributed by atoms with Crippen molar-refractivity contribution in [3.05, 3.63) is 41.7 Å². The number of aromatic nitrogens is 2. The number of nitrogens with zero attached hydrogens (tertiary/aromatic N) is 5. The fraction of sp³-hybridized carbons (Fsp3) is 0.450. The lowest BCUT2D eigenvalue weighted by molar-refractivity contribution is -0.129. The molecular weight excluding hydrogens is 326 g/mol. The Morgan fingerprint density at radius 1 is 1.00 bits per heavy atom. The topological polar surface area (TPSA) is 52.6 Å². The minimum atomic E-state index is 0.147. The van der Waals surface area contributed by atoms with Crippen LogP contribution in [0.1, 0.15) is 24.7 Å². The van der Waals surface area contributed by atoms with Crippen LogP contribution in [0.15, 0.2) is 30.3 Å². The second-order valence-electron chi connectivity index (χ2n) is 7.01. The van der Waals surface area contributed by atoms with Gasteiger partial charge in [0.1, 0.15) is 17.5 Å². The van der Waals surface area contributed by atoms with Crippen molar-refractivity contribution in [1.82, 2.24) is 14.9 Å². The maximum Gasteiger partial charge on any atom is 0.219 e. The van der Waals surface area contributed by atoms with Crippen molar-refractivity contribution >= 4 is 23.2 Å². The fourth-order valence-electron chi connectivity index (χ4n) is 3.86. The van der Waals surface area contributed by atoms with E-state index in [4.69, 9.17) is 4.98 Å². The van der Waals surface area contributed by atoms with Gasteiger partial charge in [-0.3, -0.25) is 4.79 Å². The van der Waals surface area contributed by atoms with E-state index >= 15 is 0 Å². The van der Waals surface area contributed by atoms with Crippen molar-refractivity contribution in [2.24, 2.45) is 0 Å². The molecule has 2 aliphatic heterocycles. The van der Waals surface area contributed by atoms with Crippen LogP contribution >= 0.6 is 0 Å². The molecule has 0 atom stereocenters. The Bertz CT molecular complexity index is 814. The first-order valence-electron chi connectivity index (χ1n) is 9.33. The Morgan fingerprint density at radius 2 is 1.73 bits per heavy atom. The van der Waals surface area contributed by atoms with Gasteiger partial charge in [-0.15, -0.1) is 0 Å². The van der Waals surface area contributed by atoms with Gasteiger partial charge in [-0.2, -0.15) is 0 Å². The van der Waals surface area contributed by atoms with Crippen LogP contribution in [-0.2, 0) is 11.2 Å². The number of piperazine rings is 1. The number of hydrogen-bond acceptors (Lipinski definition) is 5. The second-order valence-corrected chi connectivity index (χ2v) is 7.01. The highest BCUT2D eigenvalue weighted by Crippen LogP contribution is 2.33. The van der Waals surface area contributed by atoms with Gasteiger partial charge in [0.05, 0.1) is 0 Å². The fourth-order valence-corrected chi connectivity index (χ4v) is 3.86. The molecule has 4 rings (SSSR count). The van der Waals surface area contributed by atoms with Crippen LogP contribution in [0, 0.1) is 6.92 Å². The first kappa shape index (κ1) is 16.8. The quantitative estimate of drug-likeness (QED) is 0.832. The van der Waals surface area contributed by atoms with Gasteiger partial charge in [-0.25, -0.2) is 9.97 Å². The molecule has 0 aliphatic carbocycles. The molecule has 0 saturated carbocycles. The lowest BCUT2D eigenvalue weighted by Crippen LogP contribution is -2.48. The van der Waals surface area contributed by atoms with Gasteiger partial charge in [0.2, 0.25) is 5.91 Å². The molecule has 0 unspecified atom stereocenters. The average Bonchev–Trinajstić information content (AvgIpc) is 2.67. The summed E-state index contributed by atoms with van der Waals surface area (Å²) in [5, 5.41) is 0. The third-order valence-electron chi connectivity index (χ3n) is 5.25. The molecule has 2 aromatic rings. The number of para-hydroxylation sites is 1. The van der Waals surface area contributed by atoms with Gasteiger partial charge < -0.3 is 14.7 Å². The molecule has 6 nitrogen and oxygen atoms in total. The number of aryl methyl sites for hydroxylation is 2. The Hall–Kier alpha value is -2.63. The first-order valence-corrected chi connectivity index (χ1v) is 9.33. The predicted molar refractivity (Wildman–Crippen MR) is 103 cm³/mol. The SMILES string of the molecule is CC(=O)N1CCN(c2cc(N3CCCc4ccccc43)nc(C)n2)CC1. The number of rotatable bonds is 2. The van der Waals surface area contributed by atoms with Crippen molar-refractivity contribution in [2.75, 3.05) is 42.5 Å². The van der Waals surface area contributed by atoms with Gasteiger partial charge in [-0.05, 0) is 31.4 Å². The largest absolute Gasteiger partial charge is 0.353 e. The maximum absolute atomic E-state index is 11.5. The van der Waals surface area contributed by atoms with E-state index in [0.29, 0.717) is 0 Å². The molecule has 6 heteroatoms. The van der Waals surface area contributed by atoms with E-state index in [1.807, 2.05) is 11.8 Å². The zero-order chi connectivity index (χ0) is 18.1. The lowest BCUT2D eigenvalue weighted by Gasteiger charge is -2.36. The summed E-state index contributed by atoms with van der Waals surface area (Å²) in [5.41, 5.74) is 2.64. The number of carbonyl (C=O) groups is 1. The minimum Gasteiger partial charge on any atom is -0.353 e. The molecule has 26 heavy (non-hydrogen) atoms. The summed E-state index contributed by atoms with van der Waals surface area (Å²) in [6.07, 6.45) is 2.25. The molecule has 1 fully saturated rings. The molecule has 0 bridgehead atoms. The molecule has 0 radical (unpaired) electrons. The van der Waals surface area contributed by atoms with Crippen molar-refractivity contribution in [2.45, 2.75) is 26.7 Å². The summed E-state index contributed by atoms with van der Waals surface area (Å²) in [7, 11) is 0. The molecule has 2 aliphatic rings. The normalized spacial score (nSPS) is 17.2. The van der Waals surface area contributed by atoms with E-state index in [1.165, 1.54) is 11.3 Å². The Labute approximate surface area is 154 Å². The Morgan fingerprint density at radius 3 is 2.50 bits per heavy atom. The first-order chi connectivity index (χ1) is 12.6. The highest BCUT2D eigenvalue weighted by molar-refractivity contribution is 5.73. The van der Waals surface area contributed by atoms with E-state index in [-0.39, 0.29) is 5.91 Å². The van der Waals surface area contributed by atoms with Crippen molar-refractivity contribution in [3.63, 3.8) is 0 Å². The van der Waals surface area contributed by atoms with Crippen LogP contribution in [-0.4, -0.2) is 53.5 Å². The molecule has 0 N–H and O–H groups in total. The minimum absolute atomic E-state index is 0.147. The summed E-state index contributed by atoms with van der Waals surface area (Å²) in [6.45, 7) is 7.69. The molecule has 3 heterocycles. The molecule has 1 amide bonds. The monoisotopic (exact) mass is 351 g/mol. The number of benzene rings is 1. The van der Waals surface area contributed by atoms with Gasteiger partial charge in [0, 0.05) is 51.4 Å². The second kappa shape index (κ2) is 6.94. The third kappa shape index (κ3) is 3.23. The Balaban J connectivity index is 1.61. The van der Waals surface area contributed by atoms with Crippen LogP contribution in [0.3, 0.4) is 0 Å². The zero-order valence-corrected chi connectivity index (χ0v) is 15.5. The van der Waals surface area contributed by atoms with Gasteiger partial charge in [-0.1, -0.05) is 18.2 Å². The summed E-state index contributed by atoms with van der Waals surface area (Å²) in [4.78, 5) is 27.4. The Kier molecular flexibility index (Phi) is 4.49. The van der Waals surface area contributed by atoms with Crippen LogP contribution in [0.25, 0.3) is 0 Å². The van der Waals surface area contributed by atoms with Gasteiger partial charge >= 0.3 is 0 Å². The number of carbonyl (C=O) groups excluding carboxylic acids is 1. The molecule has 1 aromatic carbocycles. The predicted octanol–water partition coefficient (Wildman–Crippen LogP) is 2.54. The van der Waals surface area contributed by atoms with Crippen LogP contribution < -0.4 is 9.80 Å². The van der Waals surface area contributed by atoms with E-state index in [1.54, 1.807) is 6.92 Å². The third-order valence-corrected chi connectivity index (χ3v) is 5.25. The van der Waals surface area contributed by atoms with Crippen molar-refractivity contribution < 1.29 is 4.79 Å². The highest BCUT2D eigenvalue weighted by atomic mass is 16.2. The number of anilines is 3. The van der Waals surface area contributed by atoms with Crippen molar-refractivity contribution in [1.29, 1.82) is 0 Å². The smallest absolute Gasteiger partial charge is 0.219 e. The maximum atomic E-state index is 11.5. The van der Waals surface area contributed by atoms with E-state index in [0.717, 1.165) is 63.0 Å². The highest BCUT2D eigenvalue weighted by Gasteiger charge is 2.23. The lowest BCUT2D eigenvalue weighted by atomic mass is 10.0. The summed E-state index contributed by atoms with van der Waals surface area (Å²) in [5.74, 6) is 2.86. The molecular formula is C20H25N5O. The van der Waals surface area contributed by atoms with Gasteiger partial charge in [0.15, 0.2) is 0 Å². The van der Waals surface area contributed by atoms with Gasteiger partial charge in [0.25, 0.3) is 0 Å². The number of hydrogen-bond donors (Lipinski definition) is 0. The van der Waals surface area contributed by atoms with E-state index < -0.39 is 0 Å². The van der Waals surface area contributed by atoms with Crippen LogP contribution in [0.4, 0.5) is 17.3 Å². The summed E-state index contributed by atoms with van der Waals surface area (Å²) < 4.78 is 0. The standard InChI is InChI=1S/C20H25N5O/c1-15-21-19(24-12-10-23(11-13-24)16(2)26)14-20(22-15)25-9-5-7-17-6-3-4-8-18(17)25/h3-4,6,8,14H,5,7,9-13H2,1-2H3. The summed E-state index contributed by atoms with van der Waals surface area (Å²) >= 11 is 0. The zero-order valence-electron chi connectivity index (χ0n) is 15.5. The van der Waals surface area contributed by atoms with Crippen LogP contribution in [0.5, 0.6) is 0 Å². The van der Waals surface area contributed by atoms with E-state index in [9.17, 15) is 4.79 Å². The molecule has 136 valence electrons. The number of amides is 1. The van der Waals surface area contributed by atoms with E-state index in [2.05, 4.69) is 45.1 Å². The van der Waals surface area contributed by atoms with Crippen molar-refractivity contribution in [3.8, 4) is 0 Å². The molecule has 1 aromatic heterocycles.